The molecule has 1 aliphatic rings. The fourth-order valence-corrected chi connectivity index (χ4v) is 3.84. The van der Waals surface area contributed by atoms with Crippen molar-refractivity contribution in [2.24, 2.45) is 7.05 Å². The Bertz CT molecular complexity index is 789. The van der Waals surface area contributed by atoms with E-state index in [1.807, 2.05) is 6.07 Å². The number of aromatic nitrogens is 2. The second-order valence-corrected chi connectivity index (χ2v) is 7.24. The molecule has 0 amide bonds. The van der Waals surface area contributed by atoms with E-state index in [2.05, 4.69) is 56.3 Å². The van der Waals surface area contributed by atoms with Gasteiger partial charge >= 0.3 is 5.97 Å². The van der Waals surface area contributed by atoms with Crippen molar-refractivity contribution in [2.75, 3.05) is 19.7 Å². The van der Waals surface area contributed by atoms with Gasteiger partial charge in [0.05, 0.1) is 16.8 Å². The van der Waals surface area contributed by atoms with E-state index in [4.69, 9.17) is 4.74 Å². The van der Waals surface area contributed by atoms with Crippen LogP contribution in [0, 0.1) is 0 Å². The first kappa shape index (κ1) is 18.9. The Morgan fingerprint density at radius 1 is 1.27 bits per heavy atom. The summed E-state index contributed by atoms with van der Waals surface area (Å²) in [4.78, 5) is 14.5. The topological polar surface area (TPSA) is 47.4 Å². The van der Waals surface area contributed by atoms with Crippen molar-refractivity contribution in [3.63, 3.8) is 0 Å². The third-order valence-corrected chi connectivity index (χ3v) is 5.40. The fraction of sp³-hybridized carbons (Fsp3) is 0.400. The Kier molecular flexibility index (Phi) is 6.27. The normalized spacial score (nSPS) is 15.1. The number of hydrogen-bond acceptors (Lipinski definition) is 4. The SMILES string of the molecule is CCOC(=O)c1c(Br)c(CN2CCC(=Cc3ccccc3)CC2)nn1C. The molecule has 0 atom stereocenters. The van der Waals surface area contributed by atoms with E-state index in [1.165, 1.54) is 11.1 Å². The van der Waals surface area contributed by atoms with Crippen molar-refractivity contribution < 1.29 is 9.53 Å². The Morgan fingerprint density at radius 3 is 2.62 bits per heavy atom. The number of esters is 1. The summed E-state index contributed by atoms with van der Waals surface area (Å²) in [6.45, 7) is 4.88. The minimum atomic E-state index is -0.340. The molecular weight excluding hydrogens is 394 g/mol. The minimum absolute atomic E-state index is 0.340. The van der Waals surface area contributed by atoms with Crippen molar-refractivity contribution in [3.8, 4) is 0 Å². The lowest BCUT2D eigenvalue weighted by molar-refractivity contribution is 0.0512. The van der Waals surface area contributed by atoms with Gasteiger partial charge in [-0.25, -0.2) is 4.79 Å². The van der Waals surface area contributed by atoms with Gasteiger partial charge in [0.1, 0.15) is 0 Å². The van der Waals surface area contributed by atoms with Crippen molar-refractivity contribution in [1.29, 1.82) is 0 Å². The number of likely N-dealkylation sites (tertiary alicyclic amines) is 1. The summed E-state index contributed by atoms with van der Waals surface area (Å²) in [5, 5.41) is 4.51. The van der Waals surface area contributed by atoms with Gasteiger partial charge in [0.2, 0.25) is 0 Å². The summed E-state index contributed by atoms with van der Waals surface area (Å²) >= 11 is 3.53. The summed E-state index contributed by atoms with van der Waals surface area (Å²) in [7, 11) is 1.78. The second kappa shape index (κ2) is 8.64. The molecule has 0 radical (unpaired) electrons. The van der Waals surface area contributed by atoms with Gasteiger partial charge in [-0.05, 0) is 41.3 Å². The predicted molar refractivity (Wildman–Crippen MR) is 106 cm³/mol. The van der Waals surface area contributed by atoms with Crippen LogP contribution in [0.15, 0.2) is 40.4 Å². The highest BCUT2D eigenvalue weighted by atomic mass is 79.9. The molecular formula is C20H24BrN3O2. The summed E-state index contributed by atoms with van der Waals surface area (Å²) in [5.74, 6) is -0.340. The van der Waals surface area contributed by atoms with Gasteiger partial charge in [0.15, 0.2) is 5.69 Å². The maximum atomic E-state index is 12.1. The molecule has 3 rings (SSSR count). The first-order chi connectivity index (χ1) is 12.6. The molecule has 0 saturated carbocycles. The Labute approximate surface area is 162 Å². The first-order valence-electron chi connectivity index (χ1n) is 8.93. The monoisotopic (exact) mass is 417 g/mol. The van der Waals surface area contributed by atoms with Crippen LogP contribution in [0.5, 0.6) is 0 Å². The van der Waals surface area contributed by atoms with Crippen LogP contribution in [0.25, 0.3) is 6.08 Å². The molecule has 1 fully saturated rings. The molecule has 0 bridgehead atoms. The molecule has 6 heteroatoms. The highest BCUT2D eigenvalue weighted by molar-refractivity contribution is 9.10. The molecule has 138 valence electrons. The average molecular weight is 418 g/mol. The second-order valence-electron chi connectivity index (χ2n) is 6.44. The van der Waals surface area contributed by atoms with Gasteiger partial charge < -0.3 is 4.74 Å². The van der Waals surface area contributed by atoms with Crippen LogP contribution in [0.3, 0.4) is 0 Å². The van der Waals surface area contributed by atoms with E-state index in [0.717, 1.165) is 42.6 Å². The molecule has 1 aromatic carbocycles. The molecule has 1 saturated heterocycles. The highest BCUT2D eigenvalue weighted by Gasteiger charge is 2.23. The number of nitrogens with zero attached hydrogens (tertiary/aromatic N) is 3. The van der Waals surface area contributed by atoms with Gasteiger partial charge in [-0.15, -0.1) is 0 Å². The van der Waals surface area contributed by atoms with Crippen LogP contribution in [0.4, 0.5) is 0 Å². The molecule has 0 spiro atoms. The average Bonchev–Trinajstić information content (AvgIpc) is 2.91. The molecule has 2 aromatic rings. The summed E-state index contributed by atoms with van der Waals surface area (Å²) in [6, 6.07) is 10.5. The zero-order valence-electron chi connectivity index (χ0n) is 15.2. The van der Waals surface area contributed by atoms with E-state index in [1.54, 1.807) is 18.7 Å². The van der Waals surface area contributed by atoms with Crippen LogP contribution in [-0.2, 0) is 18.3 Å². The molecule has 2 heterocycles. The van der Waals surface area contributed by atoms with Gasteiger partial charge in [0, 0.05) is 26.7 Å². The highest BCUT2D eigenvalue weighted by Crippen LogP contribution is 2.26. The standard InChI is InChI=1S/C20H24BrN3O2/c1-3-26-20(25)19-18(21)17(22-23(19)2)14-24-11-9-16(10-12-24)13-15-7-5-4-6-8-15/h4-8,13H,3,9-12,14H2,1-2H3. The molecule has 0 N–H and O–H groups in total. The van der Waals surface area contributed by atoms with Crippen molar-refractivity contribution in [1.82, 2.24) is 14.7 Å². The zero-order chi connectivity index (χ0) is 18.5. The smallest absolute Gasteiger partial charge is 0.357 e. The van der Waals surface area contributed by atoms with Crippen LogP contribution >= 0.6 is 15.9 Å². The third kappa shape index (κ3) is 4.43. The molecule has 26 heavy (non-hydrogen) atoms. The number of hydrogen-bond donors (Lipinski definition) is 0. The molecule has 5 nitrogen and oxygen atoms in total. The number of rotatable bonds is 5. The quantitative estimate of drug-likeness (QED) is 0.688. The number of ether oxygens (including phenoxy) is 1. The van der Waals surface area contributed by atoms with Gasteiger partial charge in [-0.2, -0.15) is 5.10 Å². The molecule has 1 aliphatic heterocycles. The van der Waals surface area contributed by atoms with Crippen molar-refractivity contribution >= 4 is 28.0 Å². The number of benzene rings is 1. The largest absolute Gasteiger partial charge is 0.461 e. The molecule has 1 aromatic heterocycles. The predicted octanol–water partition coefficient (Wildman–Crippen LogP) is 4.04. The summed E-state index contributed by atoms with van der Waals surface area (Å²) in [6.07, 6.45) is 4.42. The van der Waals surface area contributed by atoms with Crippen LogP contribution < -0.4 is 0 Å². The minimum Gasteiger partial charge on any atom is -0.461 e. The fourth-order valence-electron chi connectivity index (χ4n) is 3.22. The maximum Gasteiger partial charge on any atom is 0.357 e. The van der Waals surface area contributed by atoms with Crippen molar-refractivity contribution in [3.05, 3.63) is 57.3 Å². The van der Waals surface area contributed by atoms with Gasteiger partial charge in [0.25, 0.3) is 0 Å². The number of piperidine rings is 1. The third-order valence-electron chi connectivity index (χ3n) is 4.57. The van der Waals surface area contributed by atoms with Crippen molar-refractivity contribution in [2.45, 2.75) is 26.3 Å². The van der Waals surface area contributed by atoms with E-state index in [-0.39, 0.29) is 5.97 Å². The van der Waals surface area contributed by atoms with Gasteiger partial charge in [-0.1, -0.05) is 42.0 Å². The Hall–Kier alpha value is -1.92. The summed E-state index contributed by atoms with van der Waals surface area (Å²) < 4.78 is 7.45. The summed E-state index contributed by atoms with van der Waals surface area (Å²) in [5.41, 5.74) is 4.11. The van der Waals surface area contributed by atoms with E-state index >= 15 is 0 Å². The molecule has 0 unspecified atom stereocenters. The first-order valence-corrected chi connectivity index (χ1v) is 9.73. The Balaban J connectivity index is 1.62. The molecule has 0 aliphatic carbocycles. The Morgan fingerprint density at radius 2 is 1.96 bits per heavy atom. The lowest BCUT2D eigenvalue weighted by Gasteiger charge is -2.27. The van der Waals surface area contributed by atoms with E-state index in [0.29, 0.717) is 12.3 Å². The van der Waals surface area contributed by atoms with Crippen LogP contribution in [-0.4, -0.2) is 40.3 Å². The van der Waals surface area contributed by atoms with Crippen LogP contribution in [0.2, 0.25) is 0 Å². The number of halogens is 1. The lowest BCUT2D eigenvalue weighted by atomic mass is 10.0. The number of aryl methyl sites for hydroxylation is 1. The van der Waals surface area contributed by atoms with Crippen LogP contribution in [0.1, 0.15) is 41.5 Å². The van der Waals surface area contributed by atoms with Gasteiger partial charge in [-0.3, -0.25) is 9.58 Å². The lowest BCUT2D eigenvalue weighted by Crippen LogP contribution is -2.30. The zero-order valence-corrected chi connectivity index (χ0v) is 16.8. The number of carbonyl (C=O) groups excluding carboxylic acids is 1. The maximum absolute atomic E-state index is 12.1. The van der Waals surface area contributed by atoms with E-state index in [9.17, 15) is 4.79 Å². The number of carbonyl (C=O) groups is 1. The van der Waals surface area contributed by atoms with E-state index < -0.39 is 0 Å².